The topological polar surface area (TPSA) is 15.3 Å². The maximum Gasteiger partial charge on any atom is 0.106 e. The van der Waals surface area contributed by atoms with E-state index in [0.717, 1.165) is 41.8 Å². The Hall–Kier alpha value is -0.640. The molecule has 0 unspecified atom stereocenters. The van der Waals surface area contributed by atoms with Crippen LogP contribution < -0.4 is 5.32 Å². The summed E-state index contributed by atoms with van der Waals surface area (Å²) in [6, 6.07) is 7.59. The van der Waals surface area contributed by atoms with E-state index in [0.29, 0.717) is 0 Å². The maximum absolute atomic E-state index is 5.83. The highest BCUT2D eigenvalue weighted by Crippen LogP contribution is 2.09. The molecule has 0 radical (unpaired) electrons. The summed E-state index contributed by atoms with van der Waals surface area (Å²) in [5.74, 6) is 0. The van der Waals surface area contributed by atoms with Crippen molar-refractivity contribution in [2.75, 3.05) is 26.2 Å². The number of rotatable bonds is 6. The van der Waals surface area contributed by atoms with Crippen LogP contribution in [0.1, 0.15) is 19.4 Å². The third-order valence-corrected chi connectivity index (χ3v) is 3.35. The summed E-state index contributed by atoms with van der Waals surface area (Å²) in [6.07, 6.45) is 0. The molecule has 4 heteroatoms. The van der Waals surface area contributed by atoms with Gasteiger partial charge in [-0.05, 0) is 25.2 Å². The third kappa shape index (κ3) is 5.02. The van der Waals surface area contributed by atoms with E-state index >= 15 is 0 Å². The second-order valence-electron chi connectivity index (χ2n) is 3.79. The molecule has 17 heavy (non-hydrogen) atoms. The molecule has 0 spiro atoms. The van der Waals surface area contributed by atoms with Crippen LogP contribution in [0.3, 0.4) is 0 Å². The van der Waals surface area contributed by atoms with E-state index in [-0.39, 0.29) is 0 Å². The molecule has 0 saturated heterocycles. The Balaban J connectivity index is 2.37. The van der Waals surface area contributed by atoms with E-state index in [4.69, 9.17) is 23.8 Å². The van der Waals surface area contributed by atoms with Crippen molar-refractivity contribution >= 4 is 28.8 Å². The lowest BCUT2D eigenvalue weighted by Gasteiger charge is -2.18. The van der Waals surface area contributed by atoms with Crippen LogP contribution in [0.25, 0.3) is 0 Å². The fourth-order valence-electron chi connectivity index (χ4n) is 1.57. The first-order valence-corrected chi connectivity index (χ1v) is 6.72. The second-order valence-corrected chi connectivity index (χ2v) is 4.63. The van der Waals surface area contributed by atoms with Gasteiger partial charge >= 0.3 is 0 Å². The Bertz CT molecular complexity index is 347. The van der Waals surface area contributed by atoms with Gasteiger partial charge in [0.2, 0.25) is 0 Å². The zero-order chi connectivity index (χ0) is 12.7. The molecule has 0 aliphatic carbocycles. The van der Waals surface area contributed by atoms with Gasteiger partial charge in [0.05, 0.1) is 0 Å². The van der Waals surface area contributed by atoms with Crippen molar-refractivity contribution < 1.29 is 0 Å². The van der Waals surface area contributed by atoms with Gasteiger partial charge in [0.25, 0.3) is 0 Å². The molecule has 0 amide bonds. The number of thiocarbonyl (C=S) groups is 1. The normalized spacial score (nSPS) is 10.6. The molecule has 0 saturated carbocycles. The van der Waals surface area contributed by atoms with Crippen molar-refractivity contribution in [3.63, 3.8) is 0 Å². The second kappa shape index (κ2) is 7.64. The first kappa shape index (κ1) is 14.4. The van der Waals surface area contributed by atoms with E-state index in [1.807, 2.05) is 24.3 Å². The van der Waals surface area contributed by atoms with Crippen molar-refractivity contribution in [2.24, 2.45) is 0 Å². The average Bonchev–Trinajstić information content (AvgIpc) is 2.35. The quantitative estimate of drug-likeness (QED) is 0.800. The van der Waals surface area contributed by atoms with Crippen LogP contribution in [0.2, 0.25) is 5.02 Å². The zero-order valence-electron chi connectivity index (χ0n) is 10.4. The fourth-order valence-corrected chi connectivity index (χ4v) is 1.93. The Labute approximate surface area is 114 Å². The molecule has 0 aliphatic rings. The van der Waals surface area contributed by atoms with Gasteiger partial charge in [-0.1, -0.05) is 49.8 Å². The lowest BCUT2D eigenvalue weighted by molar-refractivity contribution is 0.309. The number of halogens is 1. The number of nitrogens with one attached hydrogen (secondary N) is 1. The molecule has 0 bridgehead atoms. The highest BCUT2D eigenvalue weighted by Gasteiger charge is 2.02. The van der Waals surface area contributed by atoms with Crippen LogP contribution in [-0.2, 0) is 0 Å². The Morgan fingerprint density at radius 2 is 1.82 bits per heavy atom. The summed E-state index contributed by atoms with van der Waals surface area (Å²) in [5, 5.41) is 4.00. The van der Waals surface area contributed by atoms with Gasteiger partial charge < -0.3 is 10.2 Å². The number of hydrogen-bond donors (Lipinski definition) is 1. The standard InChI is InChI=1S/C13H19ClN2S/c1-3-16(4-2)10-9-15-13(17)11-5-7-12(14)8-6-11/h5-8H,3-4,9-10H2,1-2H3,(H,15,17). The fraction of sp³-hybridized carbons (Fsp3) is 0.462. The number of hydrogen-bond acceptors (Lipinski definition) is 2. The van der Waals surface area contributed by atoms with Crippen LogP contribution in [0.15, 0.2) is 24.3 Å². The monoisotopic (exact) mass is 270 g/mol. The summed E-state index contributed by atoms with van der Waals surface area (Å²) < 4.78 is 0. The predicted octanol–water partition coefficient (Wildman–Crippen LogP) is 2.95. The van der Waals surface area contributed by atoms with Gasteiger partial charge in [-0.3, -0.25) is 0 Å². The van der Waals surface area contributed by atoms with E-state index in [9.17, 15) is 0 Å². The molecular weight excluding hydrogens is 252 g/mol. The largest absolute Gasteiger partial charge is 0.375 e. The molecule has 1 aromatic carbocycles. The SMILES string of the molecule is CCN(CC)CCNC(=S)c1ccc(Cl)cc1. The lowest BCUT2D eigenvalue weighted by atomic mass is 10.2. The van der Waals surface area contributed by atoms with Gasteiger partial charge in [-0.25, -0.2) is 0 Å². The molecule has 0 fully saturated rings. The molecular formula is C13H19ClN2S. The van der Waals surface area contributed by atoms with Gasteiger partial charge in [-0.15, -0.1) is 0 Å². The number of nitrogens with zero attached hydrogens (tertiary/aromatic N) is 1. The average molecular weight is 271 g/mol. The Kier molecular flexibility index (Phi) is 6.48. The Morgan fingerprint density at radius 3 is 2.35 bits per heavy atom. The highest BCUT2D eigenvalue weighted by atomic mass is 35.5. The molecule has 2 nitrogen and oxygen atoms in total. The minimum absolute atomic E-state index is 0.736. The van der Waals surface area contributed by atoms with Crippen LogP contribution in [-0.4, -0.2) is 36.1 Å². The molecule has 1 aromatic rings. The summed E-state index contributed by atoms with van der Waals surface area (Å²) >= 11 is 11.1. The van der Waals surface area contributed by atoms with Gasteiger partial charge in [0.15, 0.2) is 0 Å². The highest BCUT2D eigenvalue weighted by molar-refractivity contribution is 7.80. The van der Waals surface area contributed by atoms with Gasteiger partial charge in [0, 0.05) is 23.7 Å². The molecule has 0 aromatic heterocycles. The van der Waals surface area contributed by atoms with Gasteiger partial charge in [0.1, 0.15) is 4.99 Å². The molecule has 1 N–H and O–H groups in total. The first-order valence-electron chi connectivity index (χ1n) is 5.93. The van der Waals surface area contributed by atoms with Crippen molar-refractivity contribution in [1.82, 2.24) is 10.2 Å². The summed E-state index contributed by atoms with van der Waals surface area (Å²) in [6.45, 7) is 8.38. The minimum atomic E-state index is 0.736. The van der Waals surface area contributed by atoms with Crippen LogP contribution >= 0.6 is 23.8 Å². The molecule has 0 aliphatic heterocycles. The van der Waals surface area contributed by atoms with Crippen molar-refractivity contribution in [3.8, 4) is 0 Å². The van der Waals surface area contributed by atoms with E-state index < -0.39 is 0 Å². The summed E-state index contributed by atoms with van der Waals surface area (Å²) in [7, 11) is 0. The van der Waals surface area contributed by atoms with Crippen LogP contribution in [0.4, 0.5) is 0 Å². The number of likely N-dealkylation sites (N-methyl/N-ethyl adjacent to an activating group) is 1. The third-order valence-electron chi connectivity index (χ3n) is 2.71. The molecule has 94 valence electrons. The maximum atomic E-state index is 5.83. The number of benzene rings is 1. The van der Waals surface area contributed by atoms with Gasteiger partial charge in [-0.2, -0.15) is 0 Å². The first-order chi connectivity index (χ1) is 8.17. The predicted molar refractivity (Wildman–Crippen MR) is 78.9 cm³/mol. The zero-order valence-corrected chi connectivity index (χ0v) is 11.9. The smallest absolute Gasteiger partial charge is 0.106 e. The van der Waals surface area contributed by atoms with E-state index in [2.05, 4.69) is 24.1 Å². The lowest BCUT2D eigenvalue weighted by Crippen LogP contribution is -2.34. The molecule has 1 rings (SSSR count). The minimum Gasteiger partial charge on any atom is -0.375 e. The van der Waals surface area contributed by atoms with Crippen molar-refractivity contribution in [3.05, 3.63) is 34.9 Å². The van der Waals surface area contributed by atoms with Crippen molar-refractivity contribution in [2.45, 2.75) is 13.8 Å². The van der Waals surface area contributed by atoms with Crippen molar-refractivity contribution in [1.29, 1.82) is 0 Å². The molecule has 0 atom stereocenters. The Morgan fingerprint density at radius 1 is 1.24 bits per heavy atom. The molecule has 0 heterocycles. The van der Waals surface area contributed by atoms with E-state index in [1.54, 1.807) is 0 Å². The summed E-state index contributed by atoms with van der Waals surface area (Å²) in [5.41, 5.74) is 1.02. The van der Waals surface area contributed by atoms with Crippen LogP contribution in [0, 0.1) is 0 Å². The summed E-state index contributed by atoms with van der Waals surface area (Å²) in [4.78, 5) is 3.14. The van der Waals surface area contributed by atoms with E-state index in [1.165, 1.54) is 0 Å². The van der Waals surface area contributed by atoms with Crippen LogP contribution in [0.5, 0.6) is 0 Å².